The molecule has 0 aromatic heterocycles. The summed E-state index contributed by atoms with van der Waals surface area (Å²) >= 11 is 0. The van der Waals surface area contributed by atoms with Crippen LogP contribution in [0, 0.1) is 5.92 Å². The number of carbonyl (C=O) groups is 5. The number of aliphatic carboxylic acids is 1. The number of carboxylic acid groups (broad SMARTS) is 1. The molecular weight excluding hydrogens is 454 g/mol. The molecular formula is C24H35N5O6. The van der Waals surface area contributed by atoms with Crippen LogP contribution in [0.4, 0.5) is 0 Å². The Hall–Kier alpha value is -3.47. The Bertz CT molecular complexity index is 922. The lowest BCUT2D eigenvalue weighted by atomic mass is 10.0. The van der Waals surface area contributed by atoms with Gasteiger partial charge in [0.1, 0.15) is 18.1 Å². The highest BCUT2D eigenvalue weighted by molar-refractivity contribution is 5.94. The van der Waals surface area contributed by atoms with E-state index in [1.54, 1.807) is 38.1 Å². The summed E-state index contributed by atoms with van der Waals surface area (Å²) in [5, 5.41) is 14.8. The molecule has 0 spiro atoms. The van der Waals surface area contributed by atoms with Gasteiger partial charge in [-0.1, -0.05) is 44.2 Å². The Morgan fingerprint density at radius 3 is 2.34 bits per heavy atom. The quantitative estimate of drug-likeness (QED) is 0.262. The molecule has 1 fully saturated rings. The van der Waals surface area contributed by atoms with Gasteiger partial charge in [-0.25, -0.2) is 4.79 Å². The second-order valence-electron chi connectivity index (χ2n) is 9.12. The number of nitrogens with one attached hydrogen (secondary N) is 2. The summed E-state index contributed by atoms with van der Waals surface area (Å²) in [6.07, 6.45) is 1.05. The van der Waals surface area contributed by atoms with Gasteiger partial charge in [-0.05, 0) is 30.7 Å². The van der Waals surface area contributed by atoms with Crippen LogP contribution < -0.4 is 22.1 Å². The van der Waals surface area contributed by atoms with Crippen molar-refractivity contribution in [1.29, 1.82) is 0 Å². The van der Waals surface area contributed by atoms with Crippen LogP contribution in [-0.4, -0.2) is 70.3 Å². The Balaban J connectivity index is 2.08. The Morgan fingerprint density at radius 2 is 1.77 bits per heavy atom. The summed E-state index contributed by atoms with van der Waals surface area (Å²) < 4.78 is 0. The fourth-order valence-corrected chi connectivity index (χ4v) is 4.00. The number of benzene rings is 1. The Kier molecular flexibility index (Phi) is 10.2. The minimum atomic E-state index is -1.17. The maximum Gasteiger partial charge on any atom is 0.326 e. The molecule has 1 saturated heterocycles. The van der Waals surface area contributed by atoms with Gasteiger partial charge >= 0.3 is 5.97 Å². The second-order valence-corrected chi connectivity index (χ2v) is 9.12. The molecule has 0 radical (unpaired) electrons. The summed E-state index contributed by atoms with van der Waals surface area (Å²) in [6.45, 7) is 3.81. The van der Waals surface area contributed by atoms with Gasteiger partial charge in [0.2, 0.25) is 23.6 Å². The van der Waals surface area contributed by atoms with E-state index in [2.05, 4.69) is 10.6 Å². The van der Waals surface area contributed by atoms with Gasteiger partial charge in [0, 0.05) is 19.4 Å². The lowest BCUT2D eigenvalue weighted by Crippen LogP contribution is -2.58. The molecule has 4 amide bonds. The third-order valence-electron chi connectivity index (χ3n) is 6.00. The highest BCUT2D eigenvalue weighted by Crippen LogP contribution is 2.21. The van der Waals surface area contributed by atoms with Gasteiger partial charge in [-0.15, -0.1) is 0 Å². The maximum absolute atomic E-state index is 13.3. The molecule has 1 aliphatic heterocycles. The van der Waals surface area contributed by atoms with Crippen LogP contribution >= 0.6 is 0 Å². The monoisotopic (exact) mass is 489 g/mol. The number of primary amides is 1. The van der Waals surface area contributed by atoms with Crippen LogP contribution in [-0.2, 0) is 30.4 Å². The lowest BCUT2D eigenvalue weighted by Gasteiger charge is -2.31. The first-order valence-corrected chi connectivity index (χ1v) is 11.7. The minimum Gasteiger partial charge on any atom is -0.480 e. The minimum absolute atomic E-state index is 0.0485. The molecule has 2 rings (SSSR count). The third kappa shape index (κ3) is 8.06. The van der Waals surface area contributed by atoms with Crippen LogP contribution in [0.3, 0.4) is 0 Å². The van der Waals surface area contributed by atoms with E-state index in [9.17, 15) is 29.1 Å². The summed E-state index contributed by atoms with van der Waals surface area (Å²) in [7, 11) is 0. The van der Waals surface area contributed by atoms with Crippen LogP contribution in [0.25, 0.3) is 0 Å². The normalized spacial score (nSPS) is 17.9. The molecule has 0 saturated carbocycles. The zero-order valence-electron chi connectivity index (χ0n) is 20.1. The van der Waals surface area contributed by atoms with Crippen molar-refractivity contribution in [3.05, 3.63) is 35.9 Å². The van der Waals surface area contributed by atoms with Crippen molar-refractivity contribution in [2.24, 2.45) is 17.4 Å². The molecule has 1 aromatic rings. The van der Waals surface area contributed by atoms with Crippen LogP contribution in [0.2, 0.25) is 0 Å². The zero-order chi connectivity index (χ0) is 26.1. The first-order valence-electron chi connectivity index (χ1n) is 11.7. The van der Waals surface area contributed by atoms with Gasteiger partial charge in [-0.3, -0.25) is 19.2 Å². The van der Waals surface area contributed by atoms with E-state index in [1.807, 2.05) is 6.07 Å². The zero-order valence-corrected chi connectivity index (χ0v) is 20.1. The van der Waals surface area contributed by atoms with Gasteiger partial charge < -0.3 is 32.1 Å². The molecule has 192 valence electrons. The molecule has 1 heterocycles. The van der Waals surface area contributed by atoms with Crippen molar-refractivity contribution in [1.82, 2.24) is 15.5 Å². The van der Waals surface area contributed by atoms with E-state index in [-0.39, 0.29) is 25.2 Å². The van der Waals surface area contributed by atoms with Crippen LogP contribution in [0.1, 0.15) is 45.1 Å². The van der Waals surface area contributed by atoms with Gasteiger partial charge in [0.25, 0.3) is 0 Å². The van der Waals surface area contributed by atoms with E-state index in [0.717, 1.165) is 5.56 Å². The average molecular weight is 490 g/mol. The van der Waals surface area contributed by atoms with Gasteiger partial charge in [0.15, 0.2) is 0 Å². The predicted molar refractivity (Wildman–Crippen MR) is 128 cm³/mol. The molecule has 1 aliphatic rings. The molecule has 0 bridgehead atoms. The van der Waals surface area contributed by atoms with E-state index >= 15 is 0 Å². The fraction of sp³-hybridized carbons (Fsp3) is 0.542. The first-order chi connectivity index (χ1) is 16.5. The second kappa shape index (κ2) is 12.8. The summed E-state index contributed by atoms with van der Waals surface area (Å²) in [6, 6.07) is 5.00. The largest absolute Gasteiger partial charge is 0.480 e. The highest BCUT2D eigenvalue weighted by Gasteiger charge is 2.40. The third-order valence-corrected chi connectivity index (χ3v) is 6.00. The van der Waals surface area contributed by atoms with E-state index in [1.165, 1.54) is 4.90 Å². The van der Waals surface area contributed by atoms with Crippen LogP contribution in [0.15, 0.2) is 30.3 Å². The van der Waals surface area contributed by atoms with E-state index in [0.29, 0.717) is 19.4 Å². The van der Waals surface area contributed by atoms with Crippen molar-refractivity contribution in [2.75, 3.05) is 6.54 Å². The smallest absolute Gasteiger partial charge is 0.326 e. The number of hydrogen-bond donors (Lipinski definition) is 5. The van der Waals surface area contributed by atoms with Crippen molar-refractivity contribution in [3.63, 3.8) is 0 Å². The molecule has 11 heteroatoms. The first kappa shape index (κ1) is 27.8. The number of nitrogens with zero attached hydrogens (tertiary/aromatic N) is 1. The van der Waals surface area contributed by atoms with Gasteiger partial charge in [-0.2, -0.15) is 0 Å². The number of rotatable bonds is 12. The number of amides is 4. The molecule has 4 atom stereocenters. The molecule has 0 aliphatic carbocycles. The number of nitrogens with two attached hydrogens (primary N) is 2. The standard InChI is InChI=1S/C24H35N5O6/c1-14(2)20(28-21(31)16(25)10-11-19(26)30)23(33)29-12-6-9-18(29)22(32)27-17(24(34)35)13-15-7-4-3-5-8-15/h3-5,7-8,14,16-18,20H,6,9-13,25H2,1-2H3,(H2,26,30)(H,27,32)(H,28,31)(H,34,35). The lowest BCUT2D eigenvalue weighted by molar-refractivity contribution is -0.145. The molecule has 4 unspecified atom stereocenters. The topological polar surface area (TPSA) is 185 Å². The van der Waals surface area contributed by atoms with Crippen molar-refractivity contribution < 1.29 is 29.1 Å². The fourth-order valence-electron chi connectivity index (χ4n) is 4.00. The van der Waals surface area contributed by atoms with E-state index in [4.69, 9.17) is 11.5 Å². The van der Waals surface area contributed by atoms with Gasteiger partial charge in [0.05, 0.1) is 6.04 Å². The number of hydrogen-bond acceptors (Lipinski definition) is 6. The Labute approximate surface area is 204 Å². The summed E-state index contributed by atoms with van der Waals surface area (Å²) in [5.74, 6) is -3.64. The molecule has 11 nitrogen and oxygen atoms in total. The molecule has 7 N–H and O–H groups in total. The predicted octanol–water partition coefficient (Wildman–Crippen LogP) is -0.477. The number of likely N-dealkylation sites (tertiary alicyclic amines) is 1. The highest BCUT2D eigenvalue weighted by atomic mass is 16.4. The van der Waals surface area contributed by atoms with Crippen molar-refractivity contribution >= 4 is 29.6 Å². The van der Waals surface area contributed by atoms with Crippen molar-refractivity contribution in [2.45, 2.75) is 70.1 Å². The Morgan fingerprint density at radius 1 is 1.11 bits per heavy atom. The molecule has 35 heavy (non-hydrogen) atoms. The number of carbonyl (C=O) groups excluding carboxylic acids is 4. The van der Waals surface area contributed by atoms with Crippen molar-refractivity contribution in [3.8, 4) is 0 Å². The SMILES string of the molecule is CC(C)C(NC(=O)C(N)CCC(N)=O)C(=O)N1CCCC1C(=O)NC(Cc1ccccc1)C(=O)O. The molecule has 1 aromatic carbocycles. The van der Waals surface area contributed by atoms with Crippen LogP contribution in [0.5, 0.6) is 0 Å². The summed E-state index contributed by atoms with van der Waals surface area (Å²) in [5.41, 5.74) is 11.7. The summed E-state index contributed by atoms with van der Waals surface area (Å²) in [4.78, 5) is 63.0. The maximum atomic E-state index is 13.3. The van der Waals surface area contributed by atoms with E-state index < -0.39 is 53.8 Å². The number of carboxylic acids is 1. The average Bonchev–Trinajstić information content (AvgIpc) is 3.30.